The zero-order valence-electron chi connectivity index (χ0n) is 21.3. The highest BCUT2D eigenvalue weighted by atomic mass is 19.4. The number of hydrogen-bond donors (Lipinski definition) is 1. The molecule has 1 amide bonds. The van der Waals surface area contributed by atoms with Gasteiger partial charge in [-0.2, -0.15) is 13.2 Å². The molecule has 7 heteroatoms. The molecule has 0 aliphatic heterocycles. The molecular weight excluding hydrogens is 499 g/mol. The molecule has 4 aromatic carbocycles. The monoisotopic (exact) mass is 523 g/mol. The maximum Gasteiger partial charge on any atom is 0.418 e. The van der Waals surface area contributed by atoms with Crippen LogP contribution < -0.4 is 5.32 Å². The van der Waals surface area contributed by atoms with Gasteiger partial charge in [0.1, 0.15) is 0 Å². The number of benzene rings is 4. The Hall–Kier alpha value is -4.78. The summed E-state index contributed by atoms with van der Waals surface area (Å²) in [6, 6.07) is 31.0. The summed E-state index contributed by atoms with van der Waals surface area (Å²) in [6.07, 6.45) is -4.51. The molecule has 0 fully saturated rings. The maximum absolute atomic E-state index is 13.7. The average Bonchev–Trinajstić information content (AvgIpc) is 3.42. The zero-order valence-corrected chi connectivity index (χ0v) is 21.3. The molecule has 0 aliphatic carbocycles. The van der Waals surface area contributed by atoms with Gasteiger partial charge in [-0.3, -0.25) is 4.79 Å². The van der Waals surface area contributed by atoms with Gasteiger partial charge in [-0.1, -0.05) is 48.5 Å². The average molecular weight is 524 g/mol. The molecule has 0 atom stereocenters. The van der Waals surface area contributed by atoms with Gasteiger partial charge in [0.05, 0.1) is 27.8 Å². The number of alkyl halides is 3. The quantitative estimate of drug-likeness (QED) is 0.247. The standard InChI is InChI=1S/C32H24F3N3O/c1-20-19-26(21(2)37(20)30-14-8-5-11-27(30)32(33,34)35)31(39)36-22-15-17-23(18-16-22)38-28-12-6-3-9-24(28)25-10-4-7-13-29(25)38/h3-19H,1-2H3,(H,36,39). The predicted molar refractivity (Wildman–Crippen MR) is 149 cm³/mol. The molecule has 0 spiro atoms. The Morgan fingerprint density at radius 2 is 1.28 bits per heavy atom. The maximum atomic E-state index is 13.7. The first kappa shape index (κ1) is 24.6. The third kappa shape index (κ3) is 4.16. The number of nitrogens with zero attached hydrogens (tertiary/aromatic N) is 2. The number of halogens is 3. The first-order valence-corrected chi connectivity index (χ1v) is 12.5. The van der Waals surface area contributed by atoms with Crippen molar-refractivity contribution >= 4 is 33.4 Å². The van der Waals surface area contributed by atoms with Gasteiger partial charge in [0, 0.05) is 33.5 Å². The van der Waals surface area contributed by atoms with E-state index in [9.17, 15) is 18.0 Å². The number of aromatic nitrogens is 2. The number of aryl methyl sites for hydroxylation is 1. The summed E-state index contributed by atoms with van der Waals surface area (Å²) in [5.41, 5.74) is 4.24. The first-order chi connectivity index (χ1) is 18.7. The van der Waals surface area contributed by atoms with Crippen LogP contribution in [0.4, 0.5) is 18.9 Å². The second kappa shape index (κ2) is 9.20. The highest BCUT2D eigenvalue weighted by Gasteiger charge is 2.34. The van der Waals surface area contributed by atoms with E-state index in [1.54, 1.807) is 26.0 Å². The molecule has 0 saturated heterocycles. The minimum Gasteiger partial charge on any atom is -0.322 e. The van der Waals surface area contributed by atoms with Crippen molar-refractivity contribution in [1.82, 2.24) is 9.13 Å². The predicted octanol–water partition coefficient (Wildman–Crippen LogP) is 8.46. The number of amides is 1. The van der Waals surface area contributed by atoms with E-state index >= 15 is 0 Å². The Morgan fingerprint density at radius 1 is 0.718 bits per heavy atom. The second-order valence-corrected chi connectivity index (χ2v) is 9.51. The number of anilines is 1. The molecule has 0 saturated carbocycles. The highest BCUT2D eigenvalue weighted by Crippen LogP contribution is 2.36. The summed E-state index contributed by atoms with van der Waals surface area (Å²) in [5, 5.41) is 5.22. The van der Waals surface area contributed by atoms with E-state index in [0.717, 1.165) is 33.6 Å². The minimum absolute atomic E-state index is 0.00502. The van der Waals surface area contributed by atoms with Crippen LogP contribution in [0, 0.1) is 13.8 Å². The Labute approximate surface area is 222 Å². The van der Waals surface area contributed by atoms with Crippen LogP contribution in [0.15, 0.2) is 103 Å². The van der Waals surface area contributed by atoms with Gasteiger partial charge in [-0.15, -0.1) is 0 Å². The third-order valence-electron chi connectivity index (χ3n) is 7.09. The van der Waals surface area contributed by atoms with E-state index in [1.807, 2.05) is 48.5 Å². The van der Waals surface area contributed by atoms with Crippen LogP contribution in [-0.4, -0.2) is 15.0 Å². The lowest BCUT2D eigenvalue weighted by atomic mass is 10.1. The smallest absolute Gasteiger partial charge is 0.322 e. The molecule has 39 heavy (non-hydrogen) atoms. The number of fused-ring (bicyclic) bond motifs is 3. The number of hydrogen-bond acceptors (Lipinski definition) is 1. The number of nitrogens with one attached hydrogen (secondary N) is 1. The van der Waals surface area contributed by atoms with E-state index in [4.69, 9.17) is 0 Å². The highest BCUT2D eigenvalue weighted by molar-refractivity contribution is 6.09. The minimum atomic E-state index is -4.51. The van der Waals surface area contributed by atoms with Crippen LogP contribution in [-0.2, 0) is 6.18 Å². The van der Waals surface area contributed by atoms with Crippen molar-refractivity contribution in [1.29, 1.82) is 0 Å². The lowest BCUT2D eigenvalue weighted by Gasteiger charge is -2.17. The first-order valence-electron chi connectivity index (χ1n) is 12.5. The fourth-order valence-electron chi connectivity index (χ4n) is 5.36. The summed E-state index contributed by atoms with van der Waals surface area (Å²) in [6.45, 7) is 3.35. The number of rotatable bonds is 4. The van der Waals surface area contributed by atoms with Gasteiger partial charge in [0.2, 0.25) is 0 Å². The molecule has 6 rings (SSSR count). The van der Waals surface area contributed by atoms with E-state index in [-0.39, 0.29) is 11.6 Å². The van der Waals surface area contributed by atoms with Crippen LogP contribution in [0.5, 0.6) is 0 Å². The molecule has 194 valence electrons. The second-order valence-electron chi connectivity index (χ2n) is 9.51. The topological polar surface area (TPSA) is 39.0 Å². The molecule has 2 aromatic heterocycles. The van der Waals surface area contributed by atoms with E-state index in [0.29, 0.717) is 22.6 Å². The summed E-state index contributed by atoms with van der Waals surface area (Å²) in [5.74, 6) is -0.386. The van der Waals surface area contributed by atoms with Crippen LogP contribution in [0.2, 0.25) is 0 Å². The van der Waals surface area contributed by atoms with Crippen molar-refractivity contribution in [2.75, 3.05) is 5.32 Å². The number of carbonyl (C=O) groups is 1. The summed E-state index contributed by atoms with van der Waals surface area (Å²) < 4.78 is 44.6. The lowest BCUT2D eigenvalue weighted by molar-refractivity contribution is -0.137. The van der Waals surface area contributed by atoms with Crippen molar-refractivity contribution in [3.05, 3.63) is 126 Å². The molecule has 2 heterocycles. The molecule has 0 radical (unpaired) electrons. The molecule has 1 N–H and O–H groups in total. The zero-order chi connectivity index (χ0) is 27.3. The Morgan fingerprint density at radius 3 is 1.90 bits per heavy atom. The fourth-order valence-corrected chi connectivity index (χ4v) is 5.36. The molecule has 4 nitrogen and oxygen atoms in total. The fraction of sp³-hybridized carbons (Fsp3) is 0.0938. The number of carbonyl (C=O) groups excluding carboxylic acids is 1. The van der Waals surface area contributed by atoms with Crippen molar-refractivity contribution in [2.24, 2.45) is 0 Å². The molecule has 6 aromatic rings. The lowest BCUT2D eigenvalue weighted by Crippen LogP contribution is -2.15. The summed E-state index contributed by atoms with van der Waals surface area (Å²) >= 11 is 0. The Kier molecular flexibility index (Phi) is 5.79. The molecular formula is C32H24F3N3O. The molecule has 0 unspecified atom stereocenters. The summed E-state index contributed by atoms with van der Waals surface area (Å²) in [7, 11) is 0. The number of para-hydroxylation sites is 3. The van der Waals surface area contributed by atoms with E-state index < -0.39 is 11.7 Å². The van der Waals surface area contributed by atoms with Crippen LogP contribution in [0.25, 0.3) is 33.2 Å². The van der Waals surface area contributed by atoms with Gasteiger partial charge >= 0.3 is 6.18 Å². The van der Waals surface area contributed by atoms with Crippen molar-refractivity contribution < 1.29 is 18.0 Å². The third-order valence-corrected chi connectivity index (χ3v) is 7.09. The Balaban J connectivity index is 1.32. The van der Waals surface area contributed by atoms with Gasteiger partial charge in [0.25, 0.3) is 5.91 Å². The largest absolute Gasteiger partial charge is 0.418 e. The van der Waals surface area contributed by atoms with Crippen LogP contribution in [0.3, 0.4) is 0 Å². The van der Waals surface area contributed by atoms with Crippen LogP contribution in [0.1, 0.15) is 27.3 Å². The van der Waals surface area contributed by atoms with Gasteiger partial charge < -0.3 is 14.5 Å². The van der Waals surface area contributed by atoms with Crippen molar-refractivity contribution in [2.45, 2.75) is 20.0 Å². The molecule has 0 aliphatic rings. The van der Waals surface area contributed by atoms with Gasteiger partial charge in [-0.25, -0.2) is 0 Å². The summed E-state index contributed by atoms with van der Waals surface area (Å²) in [4.78, 5) is 13.2. The van der Waals surface area contributed by atoms with E-state index in [1.165, 1.54) is 16.7 Å². The van der Waals surface area contributed by atoms with Gasteiger partial charge in [-0.05, 0) is 68.4 Å². The normalized spacial score (nSPS) is 11.8. The van der Waals surface area contributed by atoms with Gasteiger partial charge in [0.15, 0.2) is 0 Å². The SMILES string of the molecule is Cc1cc(C(=O)Nc2ccc(-n3c4ccccc4c4ccccc43)cc2)c(C)n1-c1ccccc1C(F)(F)F. The van der Waals surface area contributed by atoms with Crippen molar-refractivity contribution in [3.8, 4) is 11.4 Å². The van der Waals surface area contributed by atoms with E-state index in [2.05, 4.69) is 34.1 Å². The van der Waals surface area contributed by atoms with Crippen LogP contribution >= 0.6 is 0 Å². The molecule has 0 bridgehead atoms. The van der Waals surface area contributed by atoms with Crippen molar-refractivity contribution in [3.63, 3.8) is 0 Å². The Bertz CT molecular complexity index is 1810.